The Bertz CT molecular complexity index is 193. The Labute approximate surface area is 100 Å². The third kappa shape index (κ3) is 3.80. The molecule has 0 aliphatic rings. The molecule has 0 aromatic heterocycles. The molecular formula is C14H28O2. The van der Waals surface area contributed by atoms with E-state index in [1.807, 2.05) is 0 Å². The van der Waals surface area contributed by atoms with Gasteiger partial charge < -0.3 is 5.11 Å². The summed E-state index contributed by atoms with van der Waals surface area (Å²) in [6.07, 6.45) is 6.90. The Morgan fingerprint density at radius 3 is 1.94 bits per heavy atom. The van der Waals surface area contributed by atoms with Crippen molar-refractivity contribution in [1.82, 2.24) is 0 Å². The number of unbranched alkanes of at least 4 members (excludes halogenated alkanes) is 1. The molecule has 0 aromatic carbocycles. The van der Waals surface area contributed by atoms with Crippen LogP contribution in [0.15, 0.2) is 0 Å². The molecule has 0 aliphatic carbocycles. The molecule has 2 nitrogen and oxygen atoms in total. The van der Waals surface area contributed by atoms with E-state index in [4.69, 9.17) is 0 Å². The third-order valence-corrected chi connectivity index (χ3v) is 3.75. The standard InChI is InChI=1S/C14H28O2/c1-5-8-9-12(4)14(10-6-2,11-7-3)13(15)16/h12H,5-11H2,1-4H3,(H,15,16). The Morgan fingerprint density at radius 1 is 1.12 bits per heavy atom. The summed E-state index contributed by atoms with van der Waals surface area (Å²) < 4.78 is 0. The lowest BCUT2D eigenvalue weighted by atomic mass is 9.68. The van der Waals surface area contributed by atoms with Crippen LogP contribution in [0.25, 0.3) is 0 Å². The summed E-state index contributed by atoms with van der Waals surface area (Å²) >= 11 is 0. The van der Waals surface area contributed by atoms with Gasteiger partial charge in [0.2, 0.25) is 0 Å². The summed E-state index contributed by atoms with van der Waals surface area (Å²) in [7, 11) is 0. The lowest BCUT2D eigenvalue weighted by Crippen LogP contribution is -2.37. The molecule has 0 heterocycles. The van der Waals surface area contributed by atoms with Crippen molar-refractivity contribution in [3.8, 4) is 0 Å². The van der Waals surface area contributed by atoms with Crippen LogP contribution in [-0.4, -0.2) is 11.1 Å². The van der Waals surface area contributed by atoms with Crippen LogP contribution >= 0.6 is 0 Å². The lowest BCUT2D eigenvalue weighted by molar-refractivity contribution is -0.154. The van der Waals surface area contributed by atoms with Crippen LogP contribution < -0.4 is 0 Å². The molecule has 0 bridgehead atoms. The smallest absolute Gasteiger partial charge is 0.309 e. The molecule has 0 radical (unpaired) electrons. The highest BCUT2D eigenvalue weighted by Crippen LogP contribution is 2.40. The summed E-state index contributed by atoms with van der Waals surface area (Å²) in [5, 5.41) is 9.56. The van der Waals surface area contributed by atoms with Gasteiger partial charge in [-0.2, -0.15) is 0 Å². The average Bonchev–Trinajstić information content (AvgIpc) is 2.24. The second-order valence-corrected chi connectivity index (χ2v) is 5.00. The van der Waals surface area contributed by atoms with E-state index in [0.29, 0.717) is 5.92 Å². The maximum Gasteiger partial charge on any atom is 0.309 e. The molecule has 0 rings (SSSR count). The van der Waals surface area contributed by atoms with Crippen molar-refractivity contribution in [3.63, 3.8) is 0 Å². The van der Waals surface area contributed by atoms with Crippen molar-refractivity contribution in [3.05, 3.63) is 0 Å². The van der Waals surface area contributed by atoms with Gasteiger partial charge >= 0.3 is 5.97 Å². The fourth-order valence-corrected chi connectivity index (χ4v) is 2.72. The van der Waals surface area contributed by atoms with Crippen LogP contribution in [0.5, 0.6) is 0 Å². The van der Waals surface area contributed by atoms with Crippen molar-refractivity contribution < 1.29 is 9.90 Å². The zero-order valence-electron chi connectivity index (χ0n) is 11.4. The van der Waals surface area contributed by atoms with E-state index < -0.39 is 11.4 Å². The number of rotatable bonds is 9. The highest BCUT2D eigenvalue weighted by Gasteiger charge is 2.41. The van der Waals surface area contributed by atoms with E-state index in [-0.39, 0.29) is 0 Å². The largest absolute Gasteiger partial charge is 0.481 e. The topological polar surface area (TPSA) is 37.3 Å². The van der Waals surface area contributed by atoms with E-state index in [2.05, 4.69) is 27.7 Å². The van der Waals surface area contributed by atoms with Crippen molar-refractivity contribution in [2.45, 2.75) is 72.6 Å². The van der Waals surface area contributed by atoms with E-state index in [1.54, 1.807) is 0 Å². The highest BCUT2D eigenvalue weighted by atomic mass is 16.4. The molecular weight excluding hydrogens is 200 g/mol. The minimum absolute atomic E-state index is 0.296. The molecule has 0 saturated carbocycles. The number of aliphatic carboxylic acids is 1. The van der Waals surface area contributed by atoms with Crippen LogP contribution in [0.2, 0.25) is 0 Å². The number of carboxylic acids is 1. The third-order valence-electron chi connectivity index (χ3n) is 3.75. The zero-order valence-corrected chi connectivity index (χ0v) is 11.4. The fourth-order valence-electron chi connectivity index (χ4n) is 2.72. The summed E-state index contributed by atoms with van der Waals surface area (Å²) in [5.74, 6) is -0.287. The van der Waals surface area contributed by atoms with Crippen LogP contribution in [0.3, 0.4) is 0 Å². The summed E-state index contributed by atoms with van der Waals surface area (Å²) in [4.78, 5) is 11.6. The monoisotopic (exact) mass is 228 g/mol. The molecule has 96 valence electrons. The molecule has 0 fully saturated rings. The summed E-state index contributed by atoms with van der Waals surface area (Å²) in [5.41, 5.74) is -0.474. The first kappa shape index (κ1) is 15.5. The molecule has 2 heteroatoms. The van der Waals surface area contributed by atoms with Crippen molar-refractivity contribution in [1.29, 1.82) is 0 Å². The van der Waals surface area contributed by atoms with Crippen LogP contribution in [0.4, 0.5) is 0 Å². The number of hydrogen-bond donors (Lipinski definition) is 1. The second-order valence-electron chi connectivity index (χ2n) is 5.00. The van der Waals surface area contributed by atoms with Gasteiger partial charge in [0.05, 0.1) is 5.41 Å². The molecule has 0 amide bonds. The summed E-state index contributed by atoms with van der Waals surface area (Å²) in [6.45, 7) is 8.45. The molecule has 0 saturated heterocycles. The van der Waals surface area contributed by atoms with E-state index in [9.17, 15) is 9.90 Å². The average molecular weight is 228 g/mol. The van der Waals surface area contributed by atoms with Crippen molar-refractivity contribution in [2.75, 3.05) is 0 Å². The molecule has 0 spiro atoms. The number of carbonyl (C=O) groups is 1. The van der Waals surface area contributed by atoms with Crippen molar-refractivity contribution in [2.24, 2.45) is 11.3 Å². The molecule has 1 unspecified atom stereocenters. The zero-order chi connectivity index (χ0) is 12.6. The van der Waals surface area contributed by atoms with Gasteiger partial charge in [-0.3, -0.25) is 4.79 Å². The van der Waals surface area contributed by atoms with E-state index >= 15 is 0 Å². The Hall–Kier alpha value is -0.530. The van der Waals surface area contributed by atoms with Gasteiger partial charge in [0.25, 0.3) is 0 Å². The van der Waals surface area contributed by atoms with Crippen LogP contribution in [0, 0.1) is 11.3 Å². The summed E-state index contributed by atoms with van der Waals surface area (Å²) in [6, 6.07) is 0. The predicted molar refractivity (Wildman–Crippen MR) is 68.6 cm³/mol. The van der Waals surface area contributed by atoms with Gasteiger partial charge in [-0.25, -0.2) is 0 Å². The minimum atomic E-state index is -0.584. The van der Waals surface area contributed by atoms with Gasteiger partial charge in [-0.1, -0.05) is 53.4 Å². The Morgan fingerprint density at radius 2 is 1.62 bits per heavy atom. The van der Waals surface area contributed by atoms with Crippen LogP contribution in [0.1, 0.15) is 72.6 Å². The normalized spacial score (nSPS) is 13.8. The first-order chi connectivity index (χ1) is 7.55. The fraction of sp³-hybridized carbons (Fsp3) is 0.929. The SMILES string of the molecule is CCCCC(C)C(CCC)(CCC)C(=O)O. The maximum absolute atomic E-state index is 11.6. The lowest BCUT2D eigenvalue weighted by Gasteiger charge is -2.35. The van der Waals surface area contributed by atoms with Crippen molar-refractivity contribution >= 4 is 5.97 Å². The van der Waals surface area contributed by atoms with E-state index in [0.717, 1.165) is 44.9 Å². The van der Waals surface area contributed by atoms with Gasteiger partial charge in [0.15, 0.2) is 0 Å². The van der Waals surface area contributed by atoms with Gasteiger partial charge in [0, 0.05) is 0 Å². The Balaban J connectivity index is 4.77. The Kier molecular flexibility index (Phi) is 7.44. The van der Waals surface area contributed by atoms with Gasteiger partial charge in [-0.05, 0) is 25.2 Å². The first-order valence-corrected chi connectivity index (χ1v) is 6.78. The molecule has 0 aromatic rings. The molecule has 16 heavy (non-hydrogen) atoms. The number of carboxylic acid groups (broad SMARTS) is 1. The maximum atomic E-state index is 11.6. The minimum Gasteiger partial charge on any atom is -0.481 e. The molecule has 0 aliphatic heterocycles. The van der Waals surface area contributed by atoms with Crippen LogP contribution in [-0.2, 0) is 4.79 Å². The quantitative estimate of drug-likeness (QED) is 0.631. The first-order valence-electron chi connectivity index (χ1n) is 6.78. The van der Waals surface area contributed by atoms with Gasteiger partial charge in [0.1, 0.15) is 0 Å². The van der Waals surface area contributed by atoms with E-state index in [1.165, 1.54) is 0 Å². The van der Waals surface area contributed by atoms with Gasteiger partial charge in [-0.15, -0.1) is 0 Å². The molecule has 1 atom stereocenters. The predicted octanol–water partition coefficient (Wildman–Crippen LogP) is 4.48. The number of hydrogen-bond acceptors (Lipinski definition) is 1. The highest BCUT2D eigenvalue weighted by molar-refractivity contribution is 5.75. The second kappa shape index (κ2) is 7.70. The molecule has 1 N–H and O–H groups in total.